The molecule has 0 atom stereocenters. The first-order valence-corrected chi connectivity index (χ1v) is 9.21. The van der Waals surface area contributed by atoms with Crippen molar-refractivity contribution in [1.29, 1.82) is 0 Å². The summed E-state index contributed by atoms with van der Waals surface area (Å²) in [7, 11) is 0. The first-order chi connectivity index (χ1) is 11.7. The van der Waals surface area contributed by atoms with Crippen LogP contribution in [0.4, 0.5) is 5.13 Å². The fourth-order valence-electron chi connectivity index (χ4n) is 2.15. The van der Waals surface area contributed by atoms with Crippen molar-refractivity contribution < 1.29 is 19.1 Å². The topological polar surface area (TPSA) is 88.6 Å². The predicted octanol–water partition coefficient (Wildman–Crippen LogP) is 2.53. The van der Waals surface area contributed by atoms with Crippen molar-refractivity contribution in [2.24, 2.45) is 5.92 Å². The van der Waals surface area contributed by atoms with Gasteiger partial charge in [-0.1, -0.05) is 13.8 Å². The molecule has 0 saturated heterocycles. The molecule has 0 aromatic carbocycles. The summed E-state index contributed by atoms with van der Waals surface area (Å²) >= 11 is 1.40. The highest BCUT2D eigenvalue weighted by molar-refractivity contribution is 7.15. The van der Waals surface area contributed by atoms with Crippen LogP contribution in [-0.2, 0) is 19.1 Å². The molecule has 0 spiro atoms. The van der Waals surface area contributed by atoms with Crippen molar-refractivity contribution in [3.05, 3.63) is 10.6 Å². The van der Waals surface area contributed by atoms with E-state index in [9.17, 15) is 14.4 Å². The van der Waals surface area contributed by atoms with Gasteiger partial charge in [-0.3, -0.25) is 14.4 Å². The maximum Gasteiger partial charge on any atom is 0.306 e. The summed E-state index contributed by atoms with van der Waals surface area (Å²) in [5, 5.41) is 3.26. The first-order valence-electron chi connectivity index (χ1n) is 8.40. The summed E-state index contributed by atoms with van der Waals surface area (Å²) in [5.41, 5.74) is 0.879. The van der Waals surface area contributed by atoms with Crippen molar-refractivity contribution in [1.82, 2.24) is 9.88 Å². The smallest absolute Gasteiger partial charge is 0.306 e. The molecule has 0 bridgehead atoms. The van der Waals surface area contributed by atoms with Crippen LogP contribution < -0.4 is 5.32 Å². The number of esters is 1. The van der Waals surface area contributed by atoms with Crippen LogP contribution in [0.15, 0.2) is 0 Å². The number of aromatic nitrogens is 1. The largest absolute Gasteiger partial charge is 0.466 e. The molecule has 7 nitrogen and oxygen atoms in total. The first kappa shape index (κ1) is 21.1. The highest BCUT2D eigenvalue weighted by atomic mass is 32.1. The molecule has 1 N–H and O–H groups in total. The van der Waals surface area contributed by atoms with E-state index in [1.807, 2.05) is 27.7 Å². The molecule has 0 fully saturated rings. The molecule has 0 aliphatic carbocycles. The highest BCUT2D eigenvalue weighted by Crippen LogP contribution is 2.21. The number of hydrogen-bond donors (Lipinski definition) is 1. The molecule has 1 aromatic heterocycles. The Morgan fingerprint density at radius 3 is 2.44 bits per heavy atom. The highest BCUT2D eigenvalue weighted by Gasteiger charge is 2.20. The molecule has 140 valence electrons. The molecule has 0 unspecified atom stereocenters. The van der Waals surface area contributed by atoms with Gasteiger partial charge >= 0.3 is 5.97 Å². The van der Waals surface area contributed by atoms with E-state index in [0.717, 1.165) is 10.6 Å². The van der Waals surface area contributed by atoms with Gasteiger partial charge in [-0.25, -0.2) is 4.98 Å². The molecule has 2 amide bonds. The van der Waals surface area contributed by atoms with E-state index in [0.29, 0.717) is 11.7 Å². The average molecular weight is 369 g/mol. The molecule has 25 heavy (non-hydrogen) atoms. The van der Waals surface area contributed by atoms with E-state index in [4.69, 9.17) is 4.74 Å². The number of aryl methyl sites for hydroxylation is 2. The zero-order valence-electron chi connectivity index (χ0n) is 15.5. The Kier molecular flexibility index (Phi) is 8.54. The lowest BCUT2D eigenvalue weighted by Crippen LogP contribution is -2.40. The Morgan fingerprint density at radius 2 is 1.92 bits per heavy atom. The Morgan fingerprint density at radius 1 is 1.24 bits per heavy atom. The fraction of sp³-hybridized carbons (Fsp3) is 0.647. The van der Waals surface area contributed by atoms with E-state index in [-0.39, 0.29) is 43.7 Å². The van der Waals surface area contributed by atoms with Crippen LogP contribution in [0.5, 0.6) is 0 Å². The molecular formula is C17H27N3O4S. The second-order valence-electron chi connectivity index (χ2n) is 6.18. The van der Waals surface area contributed by atoms with Gasteiger partial charge in [0.1, 0.15) is 0 Å². The van der Waals surface area contributed by atoms with Gasteiger partial charge in [-0.2, -0.15) is 0 Å². The second kappa shape index (κ2) is 10.1. The molecule has 1 rings (SSSR count). The summed E-state index contributed by atoms with van der Waals surface area (Å²) in [5.74, 6) is -0.718. The Labute approximate surface area is 152 Å². The number of ether oxygens (including phenoxy) is 1. The number of rotatable bonds is 9. The van der Waals surface area contributed by atoms with Gasteiger partial charge in [0.05, 0.1) is 25.3 Å². The van der Waals surface area contributed by atoms with Crippen LogP contribution in [0.1, 0.15) is 44.2 Å². The van der Waals surface area contributed by atoms with Crippen molar-refractivity contribution in [2.75, 3.05) is 25.0 Å². The molecule has 8 heteroatoms. The standard InChI is InChI=1S/C17H27N3O4S/c1-6-24-16(23)8-7-15(22)20(9-11(2)3)10-14(21)19-17-18-12(4)13(5)25-17/h11H,6-10H2,1-5H3,(H,18,19,21). The van der Waals surface area contributed by atoms with Gasteiger partial charge in [0, 0.05) is 17.8 Å². The number of carbonyl (C=O) groups is 3. The third kappa shape index (κ3) is 7.64. The summed E-state index contributed by atoms with van der Waals surface area (Å²) < 4.78 is 4.83. The van der Waals surface area contributed by atoms with Crippen LogP contribution >= 0.6 is 11.3 Å². The van der Waals surface area contributed by atoms with Gasteiger partial charge in [0.25, 0.3) is 0 Å². The molecule has 0 aliphatic rings. The van der Waals surface area contributed by atoms with Gasteiger partial charge < -0.3 is 15.0 Å². The fourth-order valence-corrected chi connectivity index (χ4v) is 2.98. The van der Waals surface area contributed by atoms with Crippen LogP contribution in [0.3, 0.4) is 0 Å². The van der Waals surface area contributed by atoms with E-state index >= 15 is 0 Å². The zero-order chi connectivity index (χ0) is 19.0. The molecule has 0 saturated carbocycles. The lowest BCUT2D eigenvalue weighted by atomic mass is 10.2. The quantitative estimate of drug-likeness (QED) is 0.676. The minimum Gasteiger partial charge on any atom is -0.466 e. The van der Waals surface area contributed by atoms with Gasteiger partial charge in [0.15, 0.2) is 5.13 Å². The molecule has 1 aromatic rings. The van der Waals surface area contributed by atoms with Crippen LogP contribution in [0.25, 0.3) is 0 Å². The van der Waals surface area contributed by atoms with Crippen molar-refractivity contribution in [3.63, 3.8) is 0 Å². The van der Waals surface area contributed by atoms with E-state index in [1.165, 1.54) is 16.2 Å². The van der Waals surface area contributed by atoms with Crippen LogP contribution in [0.2, 0.25) is 0 Å². The molecule has 0 aliphatic heterocycles. The van der Waals surface area contributed by atoms with E-state index in [1.54, 1.807) is 6.92 Å². The number of hydrogen-bond acceptors (Lipinski definition) is 6. The third-order valence-corrected chi connectivity index (χ3v) is 4.38. The number of nitrogens with one attached hydrogen (secondary N) is 1. The lowest BCUT2D eigenvalue weighted by molar-refractivity contribution is -0.146. The summed E-state index contributed by atoms with van der Waals surface area (Å²) in [6.07, 6.45) is 0.0576. The Hall–Kier alpha value is -1.96. The number of amides is 2. The summed E-state index contributed by atoms with van der Waals surface area (Å²) in [4.78, 5) is 42.8. The summed E-state index contributed by atoms with van der Waals surface area (Å²) in [6.45, 7) is 10.2. The number of thiazole rings is 1. The SMILES string of the molecule is CCOC(=O)CCC(=O)N(CC(=O)Nc1nc(C)c(C)s1)CC(C)C. The van der Waals surface area contributed by atoms with Gasteiger partial charge in [0.2, 0.25) is 11.8 Å². The monoisotopic (exact) mass is 369 g/mol. The Balaban J connectivity index is 2.62. The van der Waals surface area contributed by atoms with Crippen molar-refractivity contribution in [3.8, 4) is 0 Å². The van der Waals surface area contributed by atoms with Gasteiger partial charge in [-0.05, 0) is 26.7 Å². The average Bonchev–Trinajstić information content (AvgIpc) is 2.81. The summed E-state index contributed by atoms with van der Waals surface area (Å²) in [6, 6.07) is 0. The second-order valence-corrected chi connectivity index (χ2v) is 7.39. The van der Waals surface area contributed by atoms with Gasteiger partial charge in [-0.15, -0.1) is 11.3 Å². The molecule has 0 radical (unpaired) electrons. The van der Waals surface area contributed by atoms with E-state index < -0.39 is 5.97 Å². The molecular weight excluding hydrogens is 342 g/mol. The lowest BCUT2D eigenvalue weighted by Gasteiger charge is -2.23. The minimum absolute atomic E-state index is 0.0216. The third-order valence-electron chi connectivity index (χ3n) is 3.40. The van der Waals surface area contributed by atoms with Crippen LogP contribution in [-0.4, -0.2) is 47.4 Å². The van der Waals surface area contributed by atoms with Crippen molar-refractivity contribution in [2.45, 2.75) is 47.5 Å². The predicted molar refractivity (Wildman–Crippen MR) is 97.5 cm³/mol. The maximum atomic E-state index is 12.4. The minimum atomic E-state index is -0.404. The van der Waals surface area contributed by atoms with Crippen molar-refractivity contribution >= 4 is 34.3 Å². The zero-order valence-corrected chi connectivity index (χ0v) is 16.4. The molecule has 1 heterocycles. The van der Waals surface area contributed by atoms with Crippen LogP contribution in [0, 0.1) is 19.8 Å². The van der Waals surface area contributed by atoms with E-state index in [2.05, 4.69) is 10.3 Å². The number of anilines is 1. The number of carbonyl (C=O) groups excluding carboxylic acids is 3. The normalized spacial score (nSPS) is 10.6. The number of nitrogens with zero attached hydrogens (tertiary/aromatic N) is 2. The Bertz CT molecular complexity index is 594. The maximum absolute atomic E-state index is 12.4.